The Labute approximate surface area is 127 Å². The van der Waals surface area contributed by atoms with E-state index in [1.165, 1.54) is 32.1 Å². The molecule has 4 fully saturated rings. The maximum atomic E-state index is 12.6. The zero-order valence-electron chi connectivity index (χ0n) is 12.8. The van der Waals surface area contributed by atoms with E-state index < -0.39 is 0 Å². The van der Waals surface area contributed by atoms with Crippen molar-refractivity contribution in [2.75, 3.05) is 19.1 Å². The number of likely N-dealkylation sites (N-methyl/N-ethyl adjacent to an activating group) is 1. The second-order valence-corrected chi connectivity index (χ2v) is 8.24. The molecule has 0 aromatic rings. The molecule has 4 aliphatic carbocycles. The molecule has 0 aliphatic heterocycles. The summed E-state index contributed by atoms with van der Waals surface area (Å²) in [6.07, 6.45) is 9.76. The van der Waals surface area contributed by atoms with E-state index in [1.54, 1.807) is 11.8 Å². The van der Waals surface area contributed by atoms with Gasteiger partial charge in [-0.05, 0) is 74.2 Å². The first-order valence-electron chi connectivity index (χ1n) is 8.11. The predicted molar refractivity (Wildman–Crippen MR) is 84.6 cm³/mol. The van der Waals surface area contributed by atoms with Gasteiger partial charge in [-0.2, -0.15) is 11.8 Å². The number of nitrogens with two attached hydrogens (primary N) is 1. The van der Waals surface area contributed by atoms with Crippen LogP contribution in [0.3, 0.4) is 0 Å². The van der Waals surface area contributed by atoms with Gasteiger partial charge in [0, 0.05) is 13.1 Å². The molecular weight excluding hydrogens is 268 g/mol. The number of rotatable bonds is 5. The fraction of sp³-hybridized carbons (Fsp3) is 0.938. The molecule has 0 saturated heterocycles. The molecule has 1 amide bonds. The number of carbonyl (C=O) groups excluding carboxylic acids is 1. The van der Waals surface area contributed by atoms with Gasteiger partial charge in [-0.3, -0.25) is 4.79 Å². The average Bonchev–Trinajstić information content (AvgIpc) is 2.42. The molecule has 0 spiro atoms. The van der Waals surface area contributed by atoms with Crippen molar-refractivity contribution < 1.29 is 4.79 Å². The number of amides is 1. The third-order valence-corrected chi connectivity index (χ3v) is 6.57. The average molecular weight is 296 g/mol. The molecule has 4 aliphatic rings. The molecule has 0 unspecified atom stereocenters. The Morgan fingerprint density at radius 1 is 1.20 bits per heavy atom. The maximum absolute atomic E-state index is 12.6. The summed E-state index contributed by atoms with van der Waals surface area (Å²) >= 11 is 1.77. The lowest BCUT2D eigenvalue weighted by atomic mass is 9.54. The smallest absolute Gasteiger partial charge is 0.239 e. The van der Waals surface area contributed by atoms with Crippen molar-refractivity contribution in [3.63, 3.8) is 0 Å². The molecule has 20 heavy (non-hydrogen) atoms. The number of nitrogens with zero attached hydrogens (tertiary/aromatic N) is 1. The van der Waals surface area contributed by atoms with Gasteiger partial charge >= 0.3 is 0 Å². The van der Waals surface area contributed by atoms with E-state index in [2.05, 4.69) is 6.26 Å². The Bertz CT molecular complexity index is 345. The Kier molecular flexibility index (Phi) is 4.32. The van der Waals surface area contributed by atoms with Crippen LogP contribution in [0.25, 0.3) is 0 Å². The van der Waals surface area contributed by atoms with Gasteiger partial charge in [0.25, 0.3) is 0 Å². The standard InChI is InChI=1S/C16H28N2OS/c1-18(16(19)14(17)3-4-20-2)15-12-6-10-5-11(8-12)9-13(15)7-10/h10-15H,3-9,17H2,1-2H3/t10?,11?,12?,13?,14-,15?/m0/s1. The van der Waals surface area contributed by atoms with Crippen LogP contribution < -0.4 is 5.73 Å². The van der Waals surface area contributed by atoms with Crippen molar-refractivity contribution in [2.24, 2.45) is 29.4 Å². The molecule has 114 valence electrons. The molecule has 4 heteroatoms. The van der Waals surface area contributed by atoms with Crippen LogP contribution in [0.2, 0.25) is 0 Å². The Morgan fingerprint density at radius 2 is 1.75 bits per heavy atom. The summed E-state index contributed by atoms with van der Waals surface area (Å²) in [6, 6.07) is 0.181. The molecular formula is C16H28N2OS. The minimum Gasteiger partial charge on any atom is -0.341 e. The first-order chi connectivity index (χ1) is 9.60. The summed E-state index contributed by atoms with van der Waals surface area (Å²) in [4.78, 5) is 14.6. The van der Waals surface area contributed by atoms with Crippen LogP contribution in [-0.4, -0.2) is 41.9 Å². The molecule has 0 aromatic heterocycles. The van der Waals surface area contributed by atoms with Gasteiger partial charge < -0.3 is 10.6 Å². The van der Waals surface area contributed by atoms with Crippen molar-refractivity contribution in [3.05, 3.63) is 0 Å². The van der Waals surface area contributed by atoms with Crippen molar-refractivity contribution >= 4 is 17.7 Å². The fourth-order valence-corrected chi connectivity index (χ4v) is 5.80. The van der Waals surface area contributed by atoms with Crippen LogP contribution >= 0.6 is 11.8 Å². The second kappa shape index (κ2) is 5.88. The van der Waals surface area contributed by atoms with Crippen LogP contribution in [0.15, 0.2) is 0 Å². The summed E-state index contributed by atoms with van der Waals surface area (Å²) in [5.41, 5.74) is 6.09. The molecule has 2 N–H and O–H groups in total. The predicted octanol–water partition coefficient (Wildman–Crippen LogP) is 2.35. The lowest BCUT2D eigenvalue weighted by Gasteiger charge is -2.56. The van der Waals surface area contributed by atoms with E-state index in [0.29, 0.717) is 6.04 Å². The molecule has 4 rings (SSSR count). The van der Waals surface area contributed by atoms with E-state index in [-0.39, 0.29) is 11.9 Å². The number of hydrogen-bond acceptors (Lipinski definition) is 3. The van der Waals surface area contributed by atoms with Crippen molar-refractivity contribution in [3.8, 4) is 0 Å². The van der Waals surface area contributed by atoms with Crippen LogP contribution in [0.5, 0.6) is 0 Å². The highest BCUT2D eigenvalue weighted by Gasteiger charge is 2.50. The van der Waals surface area contributed by atoms with Crippen LogP contribution in [0, 0.1) is 23.7 Å². The van der Waals surface area contributed by atoms with E-state index in [0.717, 1.165) is 35.8 Å². The van der Waals surface area contributed by atoms with Gasteiger partial charge in [0.15, 0.2) is 0 Å². The van der Waals surface area contributed by atoms with E-state index >= 15 is 0 Å². The molecule has 4 bridgehead atoms. The lowest BCUT2D eigenvalue weighted by Crippen LogP contribution is -2.58. The monoisotopic (exact) mass is 296 g/mol. The molecule has 1 atom stereocenters. The van der Waals surface area contributed by atoms with E-state index in [9.17, 15) is 4.79 Å². The summed E-state index contributed by atoms with van der Waals surface area (Å²) < 4.78 is 0. The zero-order chi connectivity index (χ0) is 14.3. The molecule has 3 nitrogen and oxygen atoms in total. The lowest BCUT2D eigenvalue weighted by molar-refractivity contribution is -0.142. The van der Waals surface area contributed by atoms with Gasteiger partial charge in [0.1, 0.15) is 0 Å². The van der Waals surface area contributed by atoms with E-state index in [1.807, 2.05) is 11.9 Å². The Morgan fingerprint density at radius 3 is 2.25 bits per heavy atom. The number of thioether (sulfide) groups is 1. The van der Waals surface area contributed by atoms with Crippen LogP contribution in [-0.2, 0) is 4.79 Å². The quantitative estimate of drug-likeness (QED) is 0.847. The second-order valence-electron chi connectivity index (χ2n) is 7.26. The first-order valence-corrected chi connectivity index (χ1v) is 9.50. The SMILES string of the molecule is CSCC[C@H](N)C(=O)N(C)C1C2CC3CC(C2)CC1C3. The number of hydrogen-bond donors (Lipinski definition) is 1. The minimum absolute atomic E-state index is 0.177. The number of carbonyl (C=O) groups is 1. The third-order valence-electron chi connectivity index (χ3n) is 5.92. The third kappa shape index (κ3) is 2.61. The van der Waals surface area contributed by atoms with Crippen LogP contribution in [0.4, 0.5) is 0 Å². The summed E-state index contributed by atoms with van der Waals surface area (Å²) in [5, 5.41) is 0. The van der Waals surface area contributed by atoms with Gasteiger partial charge in [-0.1, -0.05) is 0 Å². The Balaban J connectivity index is 1.65. The summed E-state index contributed by atoms with van der Waals surface area (Å²) in [5.74, 6) is 4.59. The molecule has 0 radical (unpaired) electrons. The fourth-order valence-electron chi connectivity index (χ4n) is 5.31. The normalized spacial score (nSPS) is 39.9. The van der Waals surface area contributed by atoms with Crippen molar-refractivity contribution in [1.82, 2.24) is 4.90 Å². The maximum Gasteiger partial charge on any atom is 0.239 e. The zero-order valence-corrected chi connectivity index (χ0v) is 13.6. The van der Waals surface area contributed by atoms with Gasteiger partial charge in [0.05, 0.1) is 6.04 Å². The highest BCUT2D eigenvalue weighted by atomic mass is 32.2. The highest BCUT2D eigenvalue weighted by Crippen LogP contribution is 2.54. The van der Waals surface area contributed by atoms with Gasteiger partial charge in [-0.15, -0.1) is 0 Å². The van der Waals surface area contributed by atoms with Crippen LogP contribution in [0.1, 0.15) is 38.5 Å². The van der Waals surface area contributed by atoms with Crippen molar-refractivity contribution in [2.45, 2.75) is 50.6 Å². The van der Waals surface area contributed by atoms with Gasteiger partial charge in [0.2, 0.25) is 5.91 Å². The van der Waals surface area contributed by atoms with Gasteiger partial charge in [-0.25, -0.2) is 0 Å². The largest absolute Gasteiger partial charge is 0.341 e. The Hall–Kier alpha value is -0.220. The molecule has 0 heterocycles. The topological polar surface area (TPSA) is 46.3 Å². The molecule has 0 aromatic carbocycles. The molecule has 4 saturated carbocycles. The minimum atomic E-state index is -0.301. The summed E-state index contributed by atoms with van der Waals surface area (Å²) in [6.45, 7) is 0. The van der Waals surface area contributed by atoms with Crippen molar-refractivity contribution in [1.29, 1.82) is 0 Å². The summed E-state index contributed by atoms with van der Waals surface area (Å²) in [7, 11) is 2.01. The highest BCUT2D eigenvalue weighted by molar-refractivity contribution is 7.98. The van der Waals surface area contributed by atoms with E-state index in [4.69, 9.17) is 5.73 Å². The first kappa shape index (κ1) is 14.7.